The van der Waals surface area contributed by atoms with Gasteiger partial charge in [0, 0.05) is 31.4 Å². The average Bonchev–Trinajstić information content (AvgIpc) is 3.09. The van der Waals surface area contributed by atoms with Gasteiger partial charge < -0.3 is 5.32 Å². The Kier molecular flexibility index (Phi) is 3.34. The smallest absolute Gasteiger partial charge is 0.115 e. The molecule has 0 bridgehead atoms. The quantitative estimate of drug-likeness (QED) is 0.828. The average molecular weight is 232 g/mol. The minimum atomic E-state index is 0.692. The van der Waals surface area contributed by atoms with E-state index in [0.29, 0.717) is 6.04 Å². The van der Waals surface area contributed by atoms with Crippen molar-refractivity contribution in [2.45, 2.75) is 44.3 Å². The van der Waals surface area contributed by atoms with Crippen molar-refractivity contribution in [3.8, 4) is 0 Å². The molecule has 1 aliphatic heterocycles. The van der Waals surface area contributed by atoms with Crippen molar-refractivity contribution in [2.24, 2.45) is 0 Å². The maximum atomic E-state index is 4.33. The molecule has 0 amide bonds. The van der Waals surface area contributed by atoms with Gasteiger partial charge in [-0.25, -0.2) is 9.97 Å². The van der Waals surface area contributed by atoms with E-state index in [0.717, 1.165) is 18.3 Å². The zero-order valence-corrected chi connectivity index (χ0v) is 10.2. The lowest BCUT2D eigenvalue weighted by atomic mass is 10.2. The van der Waals surface area contributed by atoms with Crippen molar-refractivity contribution in [3.05, 3.63) is 24.3 Å². The van der Waals surface area contributed by atoms with E-state index in [1.54, 1.807) is 6.33 Å². The van der Waals surface area contributed by atoms with Gasteiger partial charge in [-0.1, -0.05) is 0 Å². The summed E-state index contributed by atoms with van der Waals surface area (Å²) in [5, 5.41) is 3.58. The lowest BCUT2D eigenvalue weighted by Crippen LogP contribution is -2.38. The first-order valence-electron chi connectivity index (χ1n) is 6.64. The summed E-state index contributed by atoms with van der Waals surface area (Å²) in [7, 11) is 0. The SMILES string of the molecule is c1cc(CN(CC2CCCN2)C2CC2)ncn1. The van der Waals surface area contributed by atoms with E-state index in [-0.39, 0.29) is 0 Å². The Balaban J connectivity index is 1.60. The lowest BCUT2D eigenvalue weighted by Gasteiger charge is -2.25. The first-order chi connectivity index (χ1) is 8.42. The summed E-state index contributed by atoms with van der Waals surface area (Å²) in [5.41, 5.74) is 1.14. The number of rotatable bonds is 5. The summed E-state index contributed by atoms with van der Waals surface area (Å²) < 4.78 is 0. The first-order valence-corrected chi connectivity index (χ1v) is 6.64. The van der Waals surface area contributed by atoms with Crippen LogP contribution in [0.4, 0.5) is 0 Å². The van der Waals surface area contributed by atoms with Crippen LogP contribution in [0.25, 0.3) is 0 Å². The van der Waals surface area contributed by atoms with Gasteiger partial charge in [0.15, 0.2) is 0 Å². The molecule has 1 atom stereocenters. The van der Waals surface area contributed by atoms with Gasteiger partial charge in [0.2, 0.25) is 0 Å². The summed E-state index contributed by atoms with van der Waals surface area (Å²) in [6.07, 6.45) is 8.86. The molecule has 2 fully saturated rings. The summed E-state index contributed by atoms with van der Waals surface area (Å²) in [4.78, 5) is 10.9. The molecule has 0 aromatic carbocycles. The fourth-order valence-electron chi connectivity index (χ4n) is 2.60. The molecule has 1 aromatic heterocycles. The standard InChI is InChI=1S/C13H20N4/c1-2-11(15-6-1)8-17(13-3-4-13)9-12-5-7-14-10-16-12/h5,7,10-11,13,15H,1-4,6,8-9H2. The second kappa shape index (κ2) is 5.10. The van der Waals surface area contributed by atoms with Gasteiger partial charge in [-0.15, -0.1) is 0 Å². The van der Waals surface area contributed by atoms with Crippen molar-refractivity contribution < 1.29 is 0 Å². The lowest BCUT2D eigenvalue weighted by molar-refractivity contribution is 0.228. The normalized spacial score (nSPS) is 24.4. The number of hydrogen-bond acceptors (Lipinski definition) is 4. The Morgan fingerprint density at radius 3 is 2.94 bits per heavy atom. The topological polar surface area (TPSA) is 41.0 Å². The van der Waals surface area contributed by atoms with Gasteiger partial charge in [0.1, 0.15) is 6.33 Å². The third-order valence-corrected chi connectivity index (χ3v) is 3.69. The Bertz CT molecular complexity index is 344. The second-order valence-corrected chi connectivity index (χ2v) is 5.15. The molecule has 3 rings (SSSR count). The molecule has 1 unspecified atom stereocenters. The molecular weight excluding hydrogens is 212 g/mol. The van der Waals surface area contributed by atoms with Gasteiger partial charge in [0.05, 0.1) is 5.69 Å². The minimum Gasteiger partial charge on any atom is -0.313 e. The highest BCUT2D eigenvalue weighted by molar-refractivity contribution is 5.00. The Labute approximate surface area is 102 Å². The Hall–Kier alpha value is -1.00. The van der Waals surface area contributed by atoms with Crippen LogP contribution in [0, 0.1) is 0 Å². The maximum Gasteiger partial charge on any atom is 0.115 e. The molecule has 17 heavy (non-hydrogen) atoms. The largest absolute Gasteiger partial charge is 0.313 e. The van der Waals surface area contributed by atoms with Crippen LogP contribution in [0.15, 0.2) is 18.6 Å². The van der Waals surface area contributed by atoms with Crippen molar-refractivity contribution in [3.63, 3.8) is 0 Å². The van der Waals surface area contributed by atoms with Crippen LogP contribution in [0.2, 0.25) is 0 Å². The summed E-state index contributed by atoms with van der Waals surface area (Å²) in [5.74, 6) is 0. The Morgan fingerprint density at radius 2 is 2.29 bits per heavy atom. The number of hydrogen-bond donors (Lipinski definition) is 1. The number of nitrogens with one attached hydrogen (secondary N) is 1. The molecule has 4 heteroatoms. The minimum absolute atomic E-state index is 0.692. The molecule has 1 aromatic rings. The summed E-state index contributed by atoms with van der Waals surface area (Å²) in [6.45, 7) is 3.34. The van der Waals surface area contributed by atoms with Crippen LogP contribution in [0.5, 0.6) is 0 Å². The van der Waals surface area contributed by atoms with Crippen LogP contribution >= 0.6 is 0 Å². The monoisotopic (exact) mass is 232 g/mol. The summed E-state index contributed by atoms with van der Waals surface area (Å²) >= 11 is 0. The van der Waals surface area contributed by atoms with E-state index in [2.05, 4.69) is 20.2 Å². The van der Waals surface area contributed by atoms with E-state index in [9.17, 15) is 0 Å². The van der Waals surface area contributed by atoms with E-state index in [1.165, 1.54) is 38.8 Å². The van der Waals surface area contributed by atoms with E-state index in [4.69, 9.17) is 0 Å². The molecule has 1 saturated carbocycles. The molecule has 4 nitrogen and oxygen atoms in total. The van der Waals surface area contributed by atoms with Crippen molar-refractivity contribution in [1.29, 1.82) is 0 Å². The molecule has 0 spiro atoms. The molecule has 1 aliphatic carbocycles. The molecule has 2 aliphatic rings. The first kappa shape index (κ1) is 11.1. The zero-order valence-electron chi connectivity index (χ0n) is 10.2. The van der Waals surface area contributed by atoms with Gasteiger partial charge >= 0.3 is 0 Å². The molecule has 0 radical (unpaired) electrons. The fraction of sp³-hybridized carbons (Fsp3) is 0.692. The number of aromatic nitrogens is 2. The van der Waals surface area contributed by atoms with E-state index < -0.39 is 0 Å². The Morgan fingerprint density at radius 1 is 1.35 bits per heavy atom. The van der Waals surface area contributed by atoms with Gasteiger partial charge in [-0.2, -0.15) is 0 Å². The van der Waals surface area contributed by atoms with Gasteiger partial charge in [-0.05, 0) is 38.3 Å². The molecule has 2 heterocycles. The van der Waals surface area contributed by atoms with Crippen molar-refractivity contribution in [1.82, 2.24) is 20.2 Å². The van der Waals surface area contributed by atoms with Crippen LogP contribution in [-0.2, 0) is 6.54 Å². The van der Waals surface area contributed by atoms with Gasteiger partial charge in [0.25, 0.3) is 0 Å². The van der Waals surface area contributed by atoms with Crippen molar-refractivity contribution >= 4 is 0 Å². The highest BCUT2D eigenvalue weighted by Crippen LogP contribution is 2.28. The van der Waals surface area contributed by atoms with Crippen LogP contribution in [0.3, 0.4) is 0 Å². The van der Waals surface area contributed by atoms with Crippen LogP contribution in [-0.4, -0.2) is 40.0 Å². The zero-order chi connectivity index (χ0) is 11.5. The summed E-state index contributed by atoms with van der Waals surface area (Å²) in [6, 6.07) is 3.52. The molecule has 92 valence electrons. The van der Waals surface area contributed by atoms with E-state index >= 15 is 0 Å². The second-order valence-electron chi connectivity index (χ2n) is 5.15. The third-order valence-electron chi connectivity index (χ3n) is 3.69. The van der Waals surface area contributed by atoms with Crippen LogP contribution < -0.4 is 5.32 Å². The highest BCUT2D eigenvalue weighted by atomic mass is 15.2. The third kappa shape index (κ3) is 3.01. The molecule has 1 N–H and O–H groups in total. The molecular formula is C13H20N4. The fourth-order valence-corrected chi connectivity index (χ4v) is 2.60. The maximum absolute atomic E-state index is 4.33. The predicted octanol–water partition coefficient (Wildman–Crippen LogP) is 1.19. The predicted molar refractivity (Wildman–Crippen MR) is 66.5 cm³/mol. The number of nitrogens with zero attached hydrogens (tertiary/aromatic N) is 3. The highest BCUT2D eigenvalue weighted by Gasteiger charge is 2.31. The van der Waals surface area contributed by atoms with Crippen LogP contribution in [0.1, 0.15) is 31.4 Å². The molecule has 1 saturated heterocycles. The van der Waals surface area contributed by atoms with E-state index in [1.807, 2.05) is 12.3 Å². The van der Waals surface area contributed by atoms with Crippen molar-refractivity contribution in [2.75, 3.05) is 13.1 Å². The van der Waals surface area contributed by atoms with Gasteiger partial charge in [-0.3, -0.25) is 4.90 Å².